The summed E-state index contributed by atoms with van der Waals surface area (Å²) in [6.45, 7) is 0. The Balaban J connectivity index is 3.67. The fraction of sp³-hybridized carbons (Fsp3) is 0.200. The lowest BCUT2D eigenvalue weighted by Crippen LogP contribution is -2.14. The molecule has 1 atom stereocenters. The summed E-state index contributed by atoms with van der Waals surface area (Å²) in [5.74, 6) is -1.92. The van der Waals surface area contributed by atoms with E-state index in [0.717, 1.165) is 19.2 Å². The fourth-order valence-corrected chi connectivity index (χ4v) is 1.44. The second kappa shape index (κ2) is 5.11. The second-order valence-electron chi connectivity index (χ2n) is 3.19. The van der Waals surface area contributed by atoms with Crippen LogP contribution in [0.15, 0.2) is 12.1 Å². The van der Waals surface area contributed by atoms with E-state index in [-0.39, 0.29) is 11.3 Å². The van der Waals surface area contributed by atoms with Crippen LogP contribution >= 0.6 is 0 Å². The summed E-state index contributed by atoms with van der Waals surface area (Å²) in [6, 6.07) is 3.90. The summed E-state index contributed by atoms with van der Waals surface area (Å²) >= 11 is 0. The highest BCUT2D eigenvalue weighted by molar-refractivity contribution is 5.78. The molecule has 0 aliphatic carbocycles. The Hall–Kier alpha value is -2.66. The van der Waals surface area contributed by atoms with Gasteiger partial charge in [-0.3, -0.25) is 10.1 Å². The normalized spacial score (nSPS) is 11.4. The predicted molar refractivity (Wildman–Crippen MR) is 57.0 cm³/mol. The Morgan fingerprint density at radius 2 is 2.22 bits per heavy atom. The van der Waals surface area contributed by atoms with Crippen molar-refractivity contribution < 1.29 is 24.7 Å². The minimum atomic E-state index is -2.17. The molecule has 0 heterocycles. The molecule has 0 aromatic heterocycles. The van der Waals surface area contributed by atoms with Crippen LogP contribution in [0.5, 0.6) is 5.75 Å². The average Bonchev–Trinajstić information content (AvgIpc) is 2.35. The molecule has 18 heavy (non-hydrogen) atoms. The maximum atomic E-state index is 10.9. The molecule has 0 saturated heterocycles. The van der Waals surface area contributed by atoms with Gasteiger partial charge in [-0.25, -0.2) is 4.79 Å². The van der Waals surface area contributed by atoms with Gasteiger partial charge in [0.1, 0.15) is 0 Å². The van der Waals surface area contributed by atoms with Crippen LogP contribution in [0.2, 0.25) is 0 Å². The third kappa shape index (κ3) is 2.21. The monoisotopic (exact) mass is 252 g/mol. The third-order valence-corrected chi connectivity index (χ3v) is 2.21. The van der Waals surface area contributed by atoms with E-state index in [4.69, 9.17) is 15.1 Å². The molecular formula is C10H8N2O6. The van der Waals surface area contributed by atoms with Crippen molar-refractivity contribution in [3.8, 4) is 11.8 Å². The van der Waals surface area contributed by atoms with Crippen molar-refractivity contribution in [2.24, 2.45) is 0 Å². The molecule has 1 aromatic carbocycles. The Labute approximate surface area is 101 Å². The van der Waals surface area contributed by atoms with Gasteiger partial charge in [0, 0.05) is 0 Å². The summed E-state index contributed by atoms with van der Waals surface area (Å²) in [7, 11) is 1.16. The third-order valence-electron chi connectivity index (χ3n) is 2.21. The molecule has 0 radical (unpaired) electrons. The molecule has 0 aliphatic rings. The van der Waals surface area contributed by atoms with Crippen molar-refractivity contribution in [2.75, 3.05) is 7.11 Å². The fourth-order valence-electron chi connectivity index (χ4n) is 1.44. The molecule has 2 N–H and O–H groups in total. The van der Waals surface area contributed by atoms with Gasteiger partial charge in [-0.2, -0.15) is 5.26 Å². The lowest BCUT2D eigenvalue weighted by atomic mass is 10.00. The summed E-state index contributed by atoms with van der Waals surface area (Å²) in [6.07, 6.45) is -2.17. The maximum Gasteiger partial charge on any atom is 0.337 e. The Kier molecular flexibility index (Phi) is 3.81. The molecule has 8 nitrogen and oxygen atoms in total. The minimum absolute atomic E-state index is 0.227. The zero-order valence-corrected chi connectivity index (χ0v) is 9.15. The van der Waals surface area contributed by atoms with Crippen molar-refractivity contribution in [2.45, 2.75) is 6.10 Å². The van der Waals surface area contributed by atoms with E-state index in [1.165, 1.54) is 0 Å². The Morgan fingerprint density at radius 1 is 1.61 bits per heavy atom. The lowest BCUT2D eigenvalue weighted by Gasteiger charge is -2.11. The summed E-state index contributed by atoms with van der Waals surface area (Å²) in [5.41, 5.74) is -1.61. The quantitative estimate of drug-likeness (QED) is 0.591. The molecule has 0 spiro atoms. The number of aliphatic hydroxyl groups excluding tert-OH is 1. The highest BCUT2D eigenvalue weighted by atomic mass is 16.6. The van der Waals surface area contributed by atoms with E-state index in [1.807, 2.05) is 0 Å². The highest BCUT2D eigenvalue weighted by Crippen LogP contribution is 2.36. The summed E-state index contributed by atoms with van der Waals surface area (Å²) in [4.78, 5) is 20.7. The van der Waals surface area contributed by atoms with Gasteiger partial charge < -0.3 is 14.9 Å². The van der Waals surface area contributed by atoms with E-state index in [0.29, 0.717) is 0 Å². The number of carboxylic acids is 1. The number of aliphatic hydroxyl groups is 1. The van der Waals surface area contributed by atoms with Crippen molar-refractivity contribution in [1.82, 2.24) is 0 Å². The van der Waals surface area contributed by atoms with Crippen molar-refractivity contribution in [1.29, 1.82) is 5.26 Å². The Morgan fingerprint density at radius 3 is 2.61 bits per heavy atom. The highest BCUT2D eigenvalue weighted by Gasteiger charge is 2.32. The van der Waals surface area contributed by atoms with Gasteiger partial charge in [-0.15, -0.1) is 0 Å². The van der Waals surface area contributed by atoms with Gasteiger partial charge >= 0.3 is 11.7 Å². The zero-order valence-electron chi connectivity index (χ0n) is 9.15. The molecule has 0 fully saturated rings. The number of aliphatic carboxylic acids is 1. The first-order chi connectivity index (χ1) is 8.43. The van der Waals surface area contributed by atoms with Gasteiger partial charge in [0.05, 0.1) is 29.2 Å². The molecule has 0 saturated carbocycles. The van der Waals surface area contributed by atoms with Crippen LogP contribution < -0.4 is 4.74 Å². The van der Waals surface area contributed by atoms with Crippen LogP contribution in [-0.4, -0.2) is 28.2 Å². The van der Waals surface area contributed by atoms with Crippen LogP contribution in [0.4, 0.5) is 5.69 Å². The number of nitrogens with zero attached hydrogens (tertiary/aromatic N) is 2. The molecule has 94 valence electrons. The van der Waals surface area contributed by atoms with Crippen LogP contribution in [0, 0.1) is 21.4 Å². The van der Waals surface area contributed by atoms with Gasteiger partial charge in [0.2, 0.25) is 0 Å². The second-order valence-corrected chi connectivity index (χ2v) is 3.19. The number of nitriles is 1. The molecule has 8 heteroatoms. The van der Waals surface area contributed by atoms with Crippen LogP contribution in [0.1, 0.15) is 17.2 Å². The summed E-state index contributed by atoms with van der Waals surface area (Å²) < 4.78 is 4.72. The number of hydrogen-bond donors (Lipinski definition) is 2. The number of nitro benzene ring substituents is 1. The van der Waals surface area contributed by atoms with Crippen LogP contribution in [-0.2, 0) is 4.79 Å². The number of hydrogen-bond acceptors (Lipinski definition) is 6. The molecule has 0 amide bonds. The van der Waals surface area contributed by atoms with E-state index in [2.05, 4.69) is 0 Å². The van der Waals surface area contributed by atoms with Gasteiger partial charge in [0.25, 0.3) is 0 Å². The molecule has 0 bridgehead atoms. The van der Waals surface area contributed by atoms with E-state index < -0.39 is 28.2 Å². The molecule has 1 unspecified atom stereocenters. The number of methoxy groups -OCH3 is 1. The first-order valence-corrected chi connectivity index (χ1v) is 4.60. The van der Waals surface area contributed by atoms with Crippen molar-refractivity contribution in [3.05, 3.63) is 33.4 Å². The van der Waals surface area contributed by atoms with Gasteiger partial charge in [-0.1, -0.05) is 0 Å². The topological polar surface area (TPSA) is 134 Å². The largest absolute Gasteiger partial charge is 0.490 e. The lowest BCUT2D eigenvalue weighted by molar-refractivity contribution is -0.387. The number of rotatable bonds is 4. The van der Waals surface area contributed by atoms with Crippen molar-refractivity contribution in [3.63, 3.8) is 0 Å². The number of ether oxygens (including phenoxy) is 1. The van der Waals surface area contributed by atoms with Crippen LogP contribution in [0.25, 0.3) is 0 Å². The standard InChI is InChI=1S/C10H8N2O6/c1-18-6-3-2-5(4-11)7(8(6)12(16)17)9(13)10(14)15/h2-3,9,13H,1H3,(H,14,15). The van der Waals surface area contributed by atoms with Crippen LogP contribution in [0.3, 0.4) is 0 Å². The van der Waals surface area contributed by atoms with E-state index in [9.17, 15) is 20.0 Å². The Bertz CT molecular complexity index is 548. The first-order valence-electron chi connectivity index (χ1n) is 4.60. The van der Waals surface area contributed by atoms with Gasteiger partial charge in [-0.05, 0) is 12.1 Å². The minimum Gasteiger partial charge on any atom is -0.490 e. The number of carbonyl (C=O) groups is 1. The average molecular weight is 252 g/mol. The number of benzene rings is 1. The van der Waals surface area contributed by atoms with E-state index in [1.54, 1.807) is 6.07 Å². The first kappa shape index (κ1) is 13.4. The smallest absolute Gasteiger partial charge is 0.337 e. The zero-order chi connectivity index (χ0) is 13.9. The molecule has 1 aromatic rings. The number of nitro groups is 1. The number of carboxylic acid groups (broad SMARTS) is 1. The molecular weight excluding hydrogens is 244 g/mol. The van der Waals surface area contributed by atoms with E-state index >= 15 is 0 Å². The summed E-state index contributed by atoms with van der Waals surface area (Å²) in [5, 5.41) is 37.9. The molecule has 0 aliphatic heterocycles. The van der Waals surface area contributed by atoms with Gasteiger partial charge in [0.15, 0.2) is 11.9 Å². The SMILES string of the molecule is COc1ccc(C#N)c(C(O)C(=O)O)c1[N+](=O)[O-]. The van der Waals surface area contributed by atoms with Crippen molar-refractivity contribution >= 4 is 11.7 Å². The maximum absolute atomic E-state index is 10.9. The predicted octanol–water partition coefficient (Wildman–Crippen LogP) is 0.593. The molecule has 1 rings (SSSR count).